The van der Waals surface area contributed by atoms with Gasteiger partial charge in [-0.05, 0) is 18.6 Å². The van der Waals surface area contributed by atoms with Gasteiger partial charge >= 0.3 is 5.97 Å². The van der Waals surface area contributed by atoms with Crippen LogP contribution >= 0.6 is 11.6 Å². The van der Waals surface area contributed by atoms with Crippen molar-refractivity contribution in [3.8, 4) is 0 Å². The second kappa shape index (κ2) is 5.09. The molecule has 0 heterocycles. The first-order chi connectivity index (χ1) is 7.00. The quantitative estimate of drug-likeness (QED) is 0.836. The summed E-state index contributed by atoms with van der Waals surface area (Å²) in [6, 6.07) is 3.56. The molecule has 1 rings (SSSR count). The minimum Gasteiger partial charge on any atom is -0.481 e. The van der Waals surface area contributed by atoms with Gasteiger partial charge in [0.15, 0.2) is 0 Å². The minimum absolute atomic E-state index is 0.0801. The molecule has 0 fully saturated rings. The van der Waals surface area contributed by atoms with Gasteiger partial charge in [-0.2, -0.15) is 0 Å². The van der Waals surface area contributed by atoms with Gasteiger partial charge in [-0.15, -0.1) is 0 Å². The number of carboxylic acid groups (broad SMARTS) is 1. The molecule has 1 atom stereocenters. The molecular weight excluding hydrogens is 221 g/mol. The monoisotopic (exact) mass is 231 g/mol. The molecule has 3 N–H and O–H groups in total. The van der Waals surface area contributed by atoms with Crippen molar-refractivity contribution in [1.82, 2.24) is 0 Å². The number of benzene rings is 1. The summed E-state index contributed by atoms with van der Waals surface area (Å²) in [4.78, 5) is 10.3. The van der Waals surface area contributed by atoms with Gasteiger partial charge in [0.1, 0.15) is 5.82 Å². The van der Waals surface area contributed by atoms with Crippen molar-refractivity contribution in [2.24, 2.45) is 5.73 Å². The summed E-state index contributed by atoms with van der Waals surface area (Å²) in [5, 5.41) is 8.75. The van der Waals surface area contributed by atoms with Gasteiger partial charge in [-0.3, -0.25) is 4.79 Å². The molecule has 15 heavy (non-hydrogen) atoms. The molecule has 0 aliphatic rings. The molecule has 1 aromatic rings. The van der Waals surface area contributed by atoms with E-state index in [0.29, 0.717) is 10.6 Å². The van der Waals surface area contributed by atoms with E-state index in [4.69, 9.17) is 22.4 Å². The van der Waals surface area contributed by atoms with Crippen LogP contribution in [0.4, 0.5) is 4.39 Å². The summed E-state index contributed by atoms with van der Waals surface area (Å²) in [6.07, 6.45) is 0.122. The van der Waals surface area contributed by atoms with Crippen molar-refractivity contribution in [1.29, 1.82) is 0 Å². The maximum atomic E-state index is 13.3. The first kappa shape index (κ1) is 11.9. The Balaban J connectivity index is 2.73. The molecule has 5 heteroatoms. The Bertz CT molecular complexity index is 370. The number of carboxylic acids is 1. The van der Waals surface area contributed by atoms with Gasteiger partial charge < -0.3 is 10.8 Å². The molecule has 3 nitrogen and oxygen atoms in total. The van der Waals surface area contributed by atoms with Crippen molar-refractivity contribution < 1.29 is 14.3 Å². The van der Waals surface area contributed by atoms with Gasteiger partial charge in [-0.25, -0.2) is 4.39 Å². The summed E-state index contributed by atoms with van der Waals surface area (Å²) >= 11 is 5.57. The van der Waals surface area contributed by atoms with E-state index in [1.807, 2.05) is 0 Å². The number of carbonyl (C=O) groups is 1. The van der Waals surface area contributed by atoms with Crippen molar-refractivity contribution in [3.63, 3.8) is 0 Å². The summed E-state index contributed by atoms with van der Waals surface area (Å²) in [5.74, 6) is -1.44. The largest absolute Gasteiger partial charge is 0.481 e. The van der Waals surface area contributed by atoms with Crippen LogP contribution in [0.1, 0.15) is 24.4 Å². The predicted octanol–water partition coefficient (Wildman–Crippen LogP) is 2.34. The zero-order chi connectivity index (χ0) is 11.4. The fourth-order valence-electron chi connectivity index (χ4n) is 1.24. The van der Waals surface area contributed by atoms with Gasteiger partial charge in [0.05, 0.1) is 0 Å². The molecule has 0 amide bonds. The predicted molar refractivity (Wildman–Crippen MR) is 55.2 cm³/mol. The standard InChI is InChI=1S/C10H11ClFNO2/c11-6-1-2-7(8(12)5-6)9(13)3-4-10(14)15/h1-2,5,9H,3-4,13H2,(H,14,15). The Morgan fingerprint density at radius 1 is 1.60 bits per heavy atom. The van der Waals surface area contributed by atoms with Crippen LogP contribution in [0.25, 0.3) is 0 Å². The first-order valence-electron chi connectivity index (χ1n) is 4.43. The summed E-state index contributed by atoms with van der Waals surface area (Å²) < 4.78 is 13.3. The lowest BCUT2D eigenvalue weighted by molar-refractivity contribution is -0.137. The Hall–Kier alpha value is -1.13. The summed E-state index contributed by atoms with van der Waals surface area (Å²) in [7, 11) is 0. The minimum atomic E-state index is -0.945. The van der Waals surface area contributed by atoms with Gasteiger partial charge in [0, 0.05) is 23.0 Å². The lowest BCUT2D eigenvalue weighted by Gasteiger charge is -2.11. The second-order valence-electron chi connectivity index (χ2n) is 3.20. The third-order valence-corrected chi connectivity index (χ3v) is 2.27. The lowest BCUT2D eigenvalue weighted by atomic mass is 10.0. The number of hydrogen-bond donors (Lipinski definition) is 2. The van der Waals surface area contributed by atoms with Crippen LogP contribution in [0.3, 0.4) is 0 Å². The highest BCUT2D eigenvalue weighted by Gasteiger charge is 2.12. The molecular formula is C10H11ClFNO2. The SMILES string of the molecule is NC(CCC(=O)O)c1ccc(Cl)cc1F. The molecule has 0 spiro atoms. The van der Waals surface area contributed by atoms with Crippen molar-refractivity contribution in [2.75, 3.05) is 0 Å². The number of hydrogen-bond acceptors (Lipinski definition) is 2. The first-order valence-corrected chi connectivity index (χ1v) is 4.81. The van der Waals surface area contributed by atoms with Gasteiger partial charge in [0.2, 0.25) is 0 Å². The van der Waals surface area contributed by atoms with E-state index in [1.54, 1.807) is 0 Å². The third kappa shape index (κ3) is 3.49. The van der Waals surface area contributed by atoms with E-state index >= 15 is 0 Å². The summed E-state index contributed by atoms with van der Waals surface area (Å²) in [6.45, 7) is 0. The zero-order valence-corrected chi connectivity index (χ0v) is 8.67. The number of aliphatic carboxylic acids is 1. The molecule has 0 radical (unpaired) electrons. The smallest absolute Gasteiger partial charge is 0.303 e. The normalized spacial score (nSPS) is 12.5. The molecule has 0 aromatic heterocycles. The van der Waals surface area contributed by atoms with Crippen LogP contribution in [0.5, 0.6) is 0 Å². The highest BCUT2D eigenvalue weighted by Crippen LogP contribution is 2.22. The average molecular weight is 232 g/mol. The molecule has 0 aliphatic carbocycles. The Kier molecular flexibility index (Phi) is 4.05. The fraction of sp³-hybridized carbons (Fsp3) is 0.300. The third-order valence-electron chi connectivity index (χ3n) is 2.03. The average Bonchev–Trinajstić information content (AvgIpc) is 2.14. The second-order valence-corrected chi connectivity index (χ2v) is 3.64. The van der Waals surface area contributed by atoms with Crippen LogP contribution in [0.2, 0.25) is 5.02 Å². The van der Waals surface area contributed by atoms with Crippen molar-refractivity contribution in [3.05, 3.63) is 34.6 Å². The molecule has 1 unspecified atom stereocenters. The van der Waals surface area contributed by atoms with Crippen molar-refractivity contribution >= 4 is 17.6 Å². The molecule has 0 saturated heterocycles. The Morgan fingerprint density at radius 2 is 2.27 bits per heavy atom. The van der Waals surface area contributed by atoms with E-state index in [0.717, 1.165) is 6.07 Å². The topological polar surface area (TPSA) is 63.3 Å². The van der Waals surface area contributed by atoms with E-state index in [9.17, 15) is 9.18 Å². The molecule has 0 saturated carbocycles. The van der Waals surface area contributed by atoms with Crippen LogP contribution in [-0.2, 0) is 4.79 Å². The van der Waals surface area contributed by atoms with Gasteiger partial charge in [0.25, 0.3) is 0 Å². The van der Waals surface area contributed by atoms with E-state index in [-0.39, 0.29) is 12.8 Å². The van der Waals surface area contributed by atoms with Crippen LogP contribution in [-0.4, -0.2) is 11.1 Å². The van der Waals surface area contributed by atoms with Gasteiger partial charge in [-0.1, -0.05) is 17.7 Å². The number of rotatable bonds is 4. The Labute approximate surface area is 91.7 Å². The molecule has 0 aliphatic heterocycles. The molecule has 1 aromatic carbocycles. The van der Waals surface area contributed by atoms with Crippen LogP contribution < -0.4 is 5.73 Å². The highest BCUT2D eigenvalue weighted by atomic mass is 35.5. The van der Waals surface area contributed by atoms with Crippen LogP contribution in [0.15, 0.2) is 18.2 Å². The maximum Gasteiger partial charge on any atom is 0.303 e. The molecule has 0 bridgehead atoms. The van der Waals surface area contributed by atoms with E-state index in [1.165, 1.54) is 12.1 Å². The number of nitrogens with two attached hydrogens (primary N) is 1. The Morgan fingerprint density at radius 3 is 2.80 bits per heavy atom. The van der Waals surface area contributed by atoms with E-state index in [2.05, 4.69) is 0 Å². The van der Waals surface area contributed by atoms with Crippen LogP contribution in [0, 0.1) is 5.82 Å². The molecule has 82 valence electrons. The zero-order valence-electron chi connectivity index (χ0n) is 7.91. The maximum absolute atomic E-state index is 13.3. The lowest BCUT2D eigenvalue weighted by Crippen LogP contribution is -2.13. The summed E-state index contributed by atoms with van der Waals surface area (Å²) in [5.41, 5.74) is 5.94. The number of halogens is 2. The fourth-order valence-corrected chi connectivity index (χ4v) is 1.40. The van der Waals surface area contributed by atoms with E-state index < -0.39 is 17.8 Å². The van der Waals surface area contributed by atoms with Crippen molar-refractivity contribution in [2.45, 2.75) is 18.9 Å². The highest BCUT2D eigenvalue weighted by molar-refractivity contribution is 6.30.